The molecule has 1 aliphatic carbocycles. The number of anilines is 1. The third kappa shape index (κ3) is 5.42. The van der Waals surface area contributed by atoms with Crippen LogP contribution < -0.4 is 5.32 Å². The number of thiazole rings is 1. The van der Waals surface area contributed by atoms with E-state index in [0.717, 1.165) is 18.4 Å². The van der Waals surface area contributed by atoms with E-state index in [4.69, 9.17) is 4.74 Å². The van der Waals surface area contributed by atoms with E-state index in [9.17, 15) is 9.59 Å². The molecule has 0 spiro atoms. The lowest BCUT2D eigenvalue weighted by Crippen LogP contribution is -2.41. The fraction of sp³-hybridized carbons (Fsp3) is 0.381. The molecule has 1 unspecified atom stereocenters. The number of rotatable bonds is 10. The standard InChI is InChI=1S/C21H25N3O3S/c1-3-11-22-21-23-18(14-28-21)20(26)27-13-19(25)24(15(2)17-9-10-17)12-16-7-5-4-6-8-16/h3-8,14-15,17H,1,9-13H2,2H3,(H,22,23). The third-order valence-corrected chi connectivity index (χ3v) is 5.55. The van der Waals surface area contributed by atoms with E-state index in [-0.39, 0.29) is 24.2 Å². The Morgan fingerprint density at radius 1 is 1.39 bits per heavy atom. The number of nitrogens with zero attached hydrogens (tertiary/aromatic N) is 2. The summed E-state index contributed by atoms with van der Waals surface area (Å²) in [5.74, 6) is -0.243. The van der Waals surface area contributed by atoms with Gasteiger partial charge in [0.05, 0.1) is 0 Å². The van der Waals surface area contributed by atoms with Gasteiger partial charge in [-0.25, -0.2) is 9.78 Å². The number of nitrogens with one attached hydrogen (secondary N) is 1. The molecular formula is C21H25N3O3S. The fourth-order valence-electron chi connectivity index (χ4n) is 2.96. The maximum absolute atomic E-state index is 12.8. The van der Waals surface area contributed by atoms with Crippen LogP contribution in [-0.2, 0) is 16.1 Å². The summed E-state index contributed by atoms with van der Waals surface area (Å²) in [4.78, 5) is 31.0. The van der Waals surface area contributed by atoms with Gasteiger partial charge in [0.15, 0.2) is 17.4 Å². The molecule has 2 aromatic rings. The minimum Gasteiger partial charge on any atom is -0.451 e. The molecular weight excluding hydrogens is 374 g/mol. The fourth-order valence-corrected chi connectivity index (χ4v) is 3.65. The number of ether oxygens (including phenoxy) is 1. The van der Waals surface area contributed by atoms with Gasteiger partial charge < -0.3 is 15.0 Å². The van der Waals surface area contributed by atoms with Gasteiger partial charge in [-0.05, 0) is 31.2 Å². The van der Waals surface area contributed by atoms with Crippen molar-refractivity contribution in [2.45, 2.75) is 32.4 Å². The Kier molecular flexibility index (Phi) is 6.81. The summed E-state index contributed by atoms with van der Waals surface area (Å²) >= 11 is 1.31. The number of esters is 1. The maximum Gasteiger partial charge on any atom is 0.358 e. The Balaban J connectivity index is 1.58. The highest BCUT2D eigenvalue weighted by atomic mass is 32.1. The van der Waals surface area contributed by atoms with Crippen molar-refractivity contribution in [3.05, 3.63) is 59.6 Å². The van der Waals surface area contributed by atoms with Gasteiger partial charge in [-0.1, -0.05) is 36.4 Å². The molecule has 3 rings (SSSR count). The van der Waals surface area contributed by atoms with Crippen molar-refractivity contribution in [2.24, 2.45) is 5.92 Å². The highest BCUT2D eigenvalue weighted by molar-refractivity contribution is 7.13. The lowest BCUT2D eigenvalue weighted by Gasteiger charge is -2.29. The first-order valence-corrected chi connectivity index (χ1v) is 10.3. The summed E-state index contributed by atoms with van der Waals surface area (Å²) in [7, 11) is 0. The highest BCUT2D eigenvalue weighted by Crippen LogP contribution is 2.35. The number of aromatic nitrogens is 1. The Bertz CT molecular complexity index is 817. The topological polar surface area (TPSA) is 71.5 Å². The second-order valence-corrected chi connectivity index (χ2v) is 7.73. The van der Waals surface area contributed by atoms with E-state index in [0.29, 0.717) is 24.1 Å². The van der Waals surface area contributed by atoms with E-state index < -0.39 is 5.97 Å². The molecule has 0 aliphatic heterocycles. The molecule has 6 nitrogen and oxygen atoms in total. The minimum atomic E-state index is -0.588. The number of carbonyl (C=O) groups is 2. The monoisotopic (exact) mass is 399 g/mol. The van der Waals surface area contributed by atoms with E-state index >= 15 is 0 Å². The van der Waals surface area contributed by atoms with Crippen molar-refractivity contribution in [2.75, 3.05) is 18.5 Å². The van der Waals surface area contributed by atoms with E-state index in [1.807, 2.05) is 35.2 Å². The molecule has 1 heterocycles. The normalized spacial score (nSPS) is 14.2. The molecule has 1 saturated carbocycles. The number of benzene rings is 1. The van der Waals surface area contributed by atoms with Gasteiger partial charge in [0.1, 0.15) is 0 Å². The second-order valence-electron chi connectivity index (χ2n) is 6.87. The van der Waals surface area contributed by atoms with Gasteiger partial charge >= 0.3 is 5.97 Å². The quantitative estimate of drug-likeness (QED) is 0.487. The third-order valence-electron chi connectivity index (χ3n) is 4.75. The molecule has 0 bridgehead atoms. The van der Waals surface area contributed by atoms with Crippen LogP contribution in [-0.4, -0.2) is 41.0 Å². The molecule has 1 N–H and O–H groups in total. The van der Waals surface area contributed by atoms with Gasteiger partial charge in [-0.3, -0.25) is 4.79 Å². The number of hydrogen-bond acceptors (Lipinski definition) is 6. The Morgan fingerprint density at radius 2 is 2.14 bits per heavy atom. The summed E-state index contributed by atoms with van der Waals surface area (Å²) < 4.78 is 5.24. The van der Waals surface area contributed by atoms with E-state index in [1.165, 1.54) is 11.3 Å². The SMILES string of the molecule is C=CCNc1nc(C(=O)OCC(=O)N(Cc2ccccc2)C(C)C2CC2)cs1. The Labute approximate surface area is 169 Å². The predicted octanol–water partition coefficient (Wildman–Crippen LogP) is 3.73. The first kappa shape index (κ1) is 20.1. The summed E-state index contributed by atoms with van der Waals surface area (Å²) in [6.45, 7) is 6.49. The molecule has 1 aromatic heterocycles. The second kappa shape index (κ2) is 9.50. The van der Waals surface area contributed by atoms with Gasteiger partial charge in [-0.2, -0.15) is 0 Å². The van der Waals surface area contributed by atoms with Crippen molar-refractivity contribution in [1.29, 1.82) is 0 Å². The molecule has 1 aromatic carbocycles. The predicted molar refractivity (Wildman–Crippen MR) is 110 cm³/mol. The van der Waals surface area contributed by atoms with E-state index in [2.05, 4.69) is 23.8 Å². The molecule has 28 heavy (non-hydrogen) atoms. The van der Waals surface area contributed by atoms with Crippen LogP contribution in [0.15, 0.2) is 48.4 Å². The van der Waals surface area contributed by atoms with Crippen LogP contribution >= 0.6 is 11.3 Å². The Hall–Kier alpha value is -2.67. The smallest absolute Gasteiger partial charge is 0.358 e. The molecule has 1 atom stereocenters. The van der Waals surface area contributed by atoms with Crippen LogP contribution in [0, 0.1) is 5.92 Å². The first-order valence-electron chi connectivity index (χ1n) is 9.39. The molecule has 0 saturated heterocycles. The van der Waals surface area contributed by atoms with Gasteiger partial charge in [0, 0.05) is 24.5 Å². The highest BCUT2D eigenvalue weighted by Gasteiger charge is 2.34. The molecule has 7 heteroatoms. The van der Waals surface area contributed by atoms with Crippen LogP contribution in [0.4, 0.5) is 5.13 Å². The summed E-state index contributed by atoms with van der Waals surface area (Å²) in [6.07, 6.45) is 3.98. The lowest BCUT2D eigenvalue weighted by molar-refractivity contribution is -0.137. The summed E-state index contributed by atoms with van der Waals surface area (Å²) in [6, 6.07) is 9.99. The largest absolute Gasteiger partial charge is 0.451 e. The average Bonchev–Trinajstić information content (AvgIpc) is 3.46. The van der Waals surface area contributed by atoms with Crippen LogP contribution in [0.1, 0.15) is 35.8 Å². The molecule has 1 aliphatic rings. The number of carbonyl (C=O) groups excluding carboxylic acids is 2. The molecule has 148 valence electrons. The summed E-state index contributed by atoms with van der Waals surface area (Å²) in [5, 5.41) is 5.26. The maximum atomic E-state index is 12.8. The van der Waals surface area contributed by atoms with Crippen LogP contribution in [0.25, 0.3) is 0 Å². The number of hydrogen-bond donors (Lipinski definition) is 1. The molecule has 0 radical (unpaired) electrons. The van der Waals surface area contributed by atoms with Crippen molar-refractivity contribution in [1.82, 2.24) is 9.88 Å². The average molecular weight is 400 g/mol. The van der Waals surface area contributed by atoms with Crippen molar-refractivity contribution >= 4 is 28.3 Å². The molecule has 1 amide bonds. The Morgan fingerprint density at radius 3 is 2.82 bits per heavy atom. The first-order chi connectivity index (χ1) is 13.6. The van der Waals surface area contributed by atoms with Gasteiger partial charge in [-0.15, -0.1) is 17.9 Å². The minimum absolute atomic E-state index is 0.125. The van der Waals surface area contributed by atoms with E-state index in [1.54, 1.807) is 11.5 Å². The van der Waals surface area contributed by atoms with Crippen molar-refractivity contribution < 1.29 is 14.3 Å². The zero-order valence-electron chi connectivity index (χ0n) is 16.0. The number of amides is 1. The van der Waals surface area contributed by atoms with Gasteiger partial charge in [0.2, 0.25) is 0 Å². The zero-order chi connectivity index (χ0) is 19.9. The zero-order valence-corrected chi connectivity index (χ0v) is 16.8. The van der Waals surface area contributed by atoms with Gasteiger partial charge in [0.25, 0.3) is 5.91 Å². The molecule has 1 fully saturated rings. The van der Waals surface area contributed by atoms with Crippen LogP contribution in [0.2, 0.25) is 0 Å². The van der Waals surface area contributed by atoms with Crippen LogP contribution in [0.5, 0.6) is 0 Å². The van der Waals surface area contributed by atoms with Crippen LogP contribution in [0.3, 0.4) is 0 Å². The van der Waals surface area contributed by atoms with Crippen molar-refractivity contribution in [3.8, 4) is 0 Å². The van der Waals surface area contributed by atoms with Crippen molar-refractivity contribution in [3.63, 3.8) is 0 Å². The lowest BCUT2D eigenvalue weighted by atomic mass is 10.1. The summed E-state index contributed by atoms with van der Waals surface area (Å²) in [5.41, 5.74) is 1.27.